The molecule has 0 spiro atoms. The number of nitrogens with zero attached hydrogens (tertiary/aromatic N) is 3. The number of aliphatic hydroxyl groups excluding tert-OH is 1. The average Bonchev–Trinajstić information content (AvgIpc) is 3.60. The van der Waals surface area contributed by atoms with E-state index in [1.54, 1.807) is 23.0 Å². The van der Waals surface area contributed by atoms with Gasteiger partial charge >= 0.3 is 0 Å². The van der Waals surface area contributed by atoms with Crippen molar-refractivity contribution in [2.24, 2.45) is 7.05 Å². The molecule has 10 nitrogen and oxygen atoms in total. The van der Waals surface area contributed by atoms with E-state index in [4.69, 9.17) is 21.1 Å². The Morgan fingerprint density at radius 3 is 2.79 bits per heavy atom. The predicted octanol–water partition coefficient (Wildman–Crippen LogP) is 3.06. The van der Waals surface area contributed by atoms with E-state index >= 15 is 0 Å². The van der Waals surface area contributed by atoms with Gasteiger partial charge in [0.05, 0.1) is 41.6 Å². The van der Waals surface area contributed by atoms with E-state index in [0.29, 0.717) is 55.7 Å². The fraction of sp³-hybridized carbons (Fsp3) is 0.452. The first-order valence-corrected chi connectivity index (χ1v) is 15.0. The first-order chi connectivity index (χ1) is 20.7. The molecule has 3 aliphatic heterocycles. The summed E-state index contributed by atoms with van der Waals surface area (Å²) < 4.78 is 28.3. The highest BCUT2D eigenvalue weighted by atomic mass is 35.5. The third kappa shape index (κ3) is 6.70. The number of ether oxygens (including phenoxy) is 2. The van der Waals surface area contributed by atoms with E-state index in [2.05, 4.69) is 15.7 Å². The van der Waals surface area contributed by atoms with Crippen molar-refractivity contribution in [3.8, 4) is 16.9 Å². The van der Waals surface area contributed by atoms with Crippen LogP contribution in [0, 0.1) is 5.82 Å². The molecule has 12 heteroatoms. The number of halogens is 2. The van der Waals surface area contributed by atoms with Gasteiger partial charge in [-0.1, -0.05) is 23.7 Å². The minimum Gasteiger partial charge on any atom is -0.493 e. The van der Waals surface area contributed by atoms with Crippen LogP contribution in [0.1, 0.15) is 41.6 Å². The largest absolute Gasteiger partial charge is 0.493 e. The molecule has 43 heavy (non-hydrogen) atoms. The minimum atomic E-state index is -0.692. The molecule has 4 bridgehead atoms. The highest BCUT2D eigenvalue weighted by Gasteiger charge is 2.39. The lowest BCUT2D eigenvalue weighted by Gasteiger charge is -2.34. The summed E-state index contributed by atoms with van der Waals surface area (Å²) in [6.45, 7) is 1.14. The number of carbonyl (C=O) groups excluding carboxylic acids is 2. The number of amides is 2. The molecule has 5 atom stereocenters. The molecular formula is C31H35ClFN5O5. The number of aromatic nitrogens is 2. The zero-order valence-corrected chi connectivity index (χ0v) is 24.6. The number of likely N-dealkylation sites (tertiary alicyclic amines) is 1. The summed E-state index contributed by atoms with van der Waals surface area (Å²) >= 11 is 5.88. The zero-order valence-electron chi connectivity index (χ0n) is 23.8. The lowest BCUT2D eigenvalue weighted by atomic mass is 9.99. The number of aliphatic hydroxyl groups is 1. The van der Waals surface area contributed by atoms with Crippen LogP contribution in [0.2, 0.25) is 5.02 Å². The van der Waals surface area contributed by atoms with Crippen molar-refractivity contribution in [1.82, 2.24) is 25.3 Å². The van der Waals surface area contributed by atoms with Crippen molar-refractivity contribution < 1.29 is 28.6 Å². The van der Waals surface area contributed by atoms with Crippen molar-refractivity contribution in [3.05, 3.63) is 70.8 Å². The van der Waals surface area contributed by atoms with E-state index in [0.717, 1.165) is 11.1 Å². The Balaban J connectivity index is 1.29. The van der Waals surface area contributed by atoms with Gasteiger partial charge < -0.3 is 25.2 Å². The molecule has 0 unspecified atom stereocenters. The fourth-order valence-electron chi connectivity index (χ4n) is 6.13. The second-order valence-electron chi connectivity index (χ2n) is 11.5. The summed E-state index contributed by atoms with van der Waals surface area (Å²) in [4.78, 5) is 29.0. The standard InChI is InChI=1S/C31H35ClFN5O5/c1-37-16-20(13-35-37)19-3-5-23-28(11-19)42-9-8-22-4-7-27(39)29(43-22)14-34-31(41)26-12-21(36-30(23)40)17-38(26)15-18-2-6-24(32)25(33)10-18/h2-3,5-6,10-11,13,16,21-22,26-27,29,39H,4,7-9,12,14-15,17H2,1H3,(H,34,41)(H,36,40)/t21-,22-,26-,27-,29+/m0/s1. The van der Waals surface area contributed by atoms with Gasteiger partial charge in [0.2, 0.25) is 5.91 Å². The number of hydrogen-bond donors (Lipinski definition) is 3. The van der Waals surface area contributed by atoms with Gasteiger partial charge in [0.15, 0.2) is 0 Å². The summed E-state index contributed by atoms with van der Waals surface area (Å²) in [5.41, 5.74) is 2.81. The number of benzene rings is 2. The van der Waals surface area contributed by atoms with Gasteiger partial charge in [-0.15, -0.1) is 0 Å². The first-order valence-electron chi connectivity index (χ1n) is 14.6. The molecule has 3 N–H and O–H groups in total. The normalized spacial score (nSPS) is 26.7. The quantitative estimate of drug-likeness (QED) is 0.417. The van der Waals surface area contributed by atoms with Crippen molar-refractivity contribution in [2.45, 2.75) is 62.6 Å². The molecule has 3 aliphatic rings. The Bertz CT molecular complexity index is 1500. The highest BCUT2D eigenvalue weighted by molar-refractivity contribution is 6.30. The number of nitrogens with one attached hydrogen (secondary N) is 2. The summed E-state index contributed by atoms with van der Waals surface area (Å²) in [5, 5.41) is 20.9. The van der Waals surface area contributed by atoms with Gasteiger partial charge in [-0.2, -0.15) is 5.10 Å². The molecule has 0 saturated carbocycles. The number of rotatable bonds is 3. The number of fused-ring (bicyclic) bond motifs is 5. The maximum absolute atomic E-state index is 14.2. The number of aryl methyl sites for hydroxylation is 1. The van der Waals surface area contributed by atoms with Gasteiger partial charge in [-0.25, -0.2) is 4.39 Å². The topological polar surface area (TPSA) is 118 Å². The Hall–Kier alpha value is -3.51. The molecule has 3 aromatic rings. The van der Waals surface area contributed by atoms with Crippen molar-refractivity contribution in [1.29, 1.82) is 0 Å². The van der Waals surface area contributed by atoms with Crippen LogP contribution in [0.15, 0.2) is 48.8 Å². The molecule has 0 aliphatic carbocycles. The van der Waals surface area contributed by atoms with E-state index < -0.39 is 24.1 Å². The fourth-order valence-corrected chi connectivity index (χ4v) is 6.25. The molecule has 6 rings (SSSR count). The van der Waals surface area contributed by atoms with Crippen molar-refractivity contribution in [3.63, 3.8) is 0 Å². The van der Waals surface area contributed by atoms with Gasteiger partial charge in [-0.05, 0) is 54.7 Å². The lowest BCUT2D eigenvalue weighted by molar-refractivity contribution is -0.133. The van der Waals surface area contributed by atoms with E-state index in [1.807, 2.05) is 30.3 Å². The van der Waals surface area contributed by atoms with Crippen molar-refractivity contribution >= 4 is 23.4 Å². The van der Waals surface area contributed by atoms with Crippen LogP contribution in [0.5, 0.6) is 5.75 Å². The first kappa shape index (κ1) is 29.6. The Kier molecular flexibility index (Phi) is 8.67. The molecule has 2 fully saturated rings. The van der Waals surface area contributed by atoms with Gasteiger partial charge in [0.25, 0.3) is 5.91 Å². The second kappa shape index (κ2) is 12.6. The van der Waals surface area contributed by atoms with Gasteiger partial charge in [0.1, 0.15) is 17.7 Å². The van der Waals surface area contributed by atoms with Crippen LogP contribution in [0.25, 0.3) is 11.1 Å². The molecule has 4 heterocycles. The smallest absolute Gasteiger partial charge is 0.255 e. The Morgan fingerprint density at radius 1 is 1.14 bits per heavy atom. The van der Waals surface area contributed by atoms with Crippen LogP contribution in [0.3, 0.4) is 0 Å². The maximum atomic E-state index is 14.2. The number of carbonyl (C=O) groups is 2. The van der Waals surface area contributed by atoms with E-state index in [9.17, 15) is 19.1 Å². The zero-order chi connectivity index (χ0) is 30.1. The Morgan fingerprint density at radius 2 is 2.00 bits per heavy atom. The molecule has 2 saturated heterocycles. The van der Waals surface area contributed by atoms with Crippen LogP contribution < -0.4 is 15.4 Å². The molecule has 228 valence electrons. The summed E-state index contributed by atoms with van der Waals surface area (Å²) in [6, 6.07) is 9.09. The predicted molar refractivity (Wildman–Crippen MR) is 157 cm³/mol. The van der Waals surface area contributed by atoms with E-state index in [-0.39, 0.29) is 42.1 Å². The summed E-state index contributed by atoms with van der Waals surface area (Å²) in [7, 11) is 1.84. The van der Waals surface area contributed by atoms with Crippen LogP contribution in [-0.2, 0) is 23.1 Å². The second-order valence-corrected chi connectivity index (χ2v) is 11.9. The van der Waals surface area contributed by atoms with E-state index in [1.165, 1.54) is 12.1 Å². The maximum Gasteiger partial charge on any atom is 0.255 e. The van der Waals surface area contributed by atoms with Crippen LogP contribution in [0.4, 0.5) is 4.39 Å². The highest BCUT2D eigenvalue weighted by Crippen LogP contribution is 2.30. The summed E-state index contributed by atoms with van der Waals surface area (Å²) in [5.74, 6) is -0.629. The monoisotopic (exact) mass is 611 g/mol. The SMILES string of the molecule is Cn1cc(-c2ccc3c(c2)OCC[C@@H]2CC[C@H](O)[C@@H](CNC(=O)[C@@H]4C[C@@H](CN4Cc4ccc(Cl)c(F)c4)NC3=O)O2)cn1. The molecular weight excluding hydrogens is 577 g/mol. The molecule has 1 aromatic heterocycles. The van der Waals surface area contributed by atoms with Gasteiger partial charge in [-0.3, -0.25) is 19.2 Å². The van der Waals surface area contributed by atoms with Gasteiger partial charge in [0, 0.05) is 50.9 Å². The average molecular weight is 612 g/mol. The molecule has 2 aromatic carbocycles. The lowest BCUT2D eigenvalue weighted by Crippen LogP contribution is -2.50. The third-order valence-corrected chi connectivity index (χ3v) is 8.74. The van der Waals surface area contributed by atoms with Crippen molar-refractivity contribution in [2.75, 3.05) is 19.7 Å². The molecule has 2 amide bonds. The number of hydrogen-bond acceptors (Lipinski definition) is 7. The Labute approximate surface area is 254 Å². The minimum absolute atomic E-state index is 0.0267. The third-order valence-electron chi connectivity index (χ3n) is 8.43. The van der Waals surface area contributed by atoms with Crippen LogP contribution in [-0.4, -0.2) is 81.7 Å². The molecule has 0 radical (unpaired) electrons. The summed E-state index contributed by atoms with van der Waals surface area (Å²) in [6.07, 6.45) is 4.37. The van der Waals surface area contributed by atoms with Crippen LogP contribution >= 0.6 is 11.6 Å².